The van der Waals surface area contributed by atoms with E-state index < -0.39 is 10.0 Å². The number of rotatable bonds is 4. The van der Waals surface area contributed by atoms with Crippen LogP contribution in [0.15, 0.2) is 29.1 Å². The third-order valence-corrected chi connectivity index (χ3v) is 7.33. The van der Waals surface area contributed by atoms with Crippen LogP contribution >= 0.6 is 0 Å². The molecule has 0 saturated carbocycles. The van der Waals surface area contributed by atoms with Crippen molar-refractivity contribution >= 4 is 10.0 Å². The first-order chi connectivity index (χ1) is 13.8. The lowest BCUT2D eigenvalue weighted by atomic mass is 9.98. The number of benzene rings is 1. The number of piperidine rings is 1. The molecule has 2 aliphatic rings. The second kappa shape index (κ2) is 8.01. The highest BCUT2D eigenvalue weighted by Crippen LogP contribution is 2.31. The average molecular weight is 417 g/mol. The van der Waals surface area contributed by atoms with E-state index in [1.807, 2.05) is 0 Å². The molecule has 1 aromatic carbocycles. The molecule has 2 aliphatic heterocycles. The maximum Gasteiger partial charge on any atom is 0.255 e. The molecule has 156 valence electrons. The molecule has 0 spiro atoms. The third kappa shape index (κ3) is 4.29. The number of hydrogen-bond acceptors (Lipinski definition) is 5. The largest absolute Gasteiger partial charge is 0.309 e. The lowest BCUT2D eigenvalue weighted by Gasteiger charge is -2.36. The Hall–Kier alpha value is -2.03. The molecule has 0 amide bonds. The minimum absolute atomic E-state index is 0.0780. The van der Waals surface area contributed by atoms with Gasteiger partial charge in [-0.15, -0.1) is 0 Å². The summed E-state index contributed by atoms with van der Waals surface area (Å²) in [4.78, 5) is 23.0. The van der Waals surface area contributed by atoms with Gasteiger partial charge in [0.05, 0.1) is 23.6 Å². The number of fused-ring (bicyclic) bond motifs is 1. The highest BCUT2D eigenvalue weighted by Gasteiger charge is 2.30. The predicted molar refractivity (Wildman–Crippen MR) is 112 cm³/mol. The van der Waals surface area contributed by atoms with Crippen LogP contribution in [0.1, 0.15) is 53.5 Å². The van der Waals surface area contributed by atoms with Crippen molar-refractivity contribution in [2.75, 3.05) is 19.3 Å². The zero-order valence-electron chi connectivity index (χ0n) is 17.0. The lowest BCUT2D eigenvalue weighted by Crippen LogP contribution is -2.40. The Kier molecular flexibility index (Phi) is 5.59. The highest BCUT2D eigenvalue weighted by atomic mass is 32.2. The van der Waals surface area contributed by atoms with Crippen LogP contribution in [0.2, 0.25) is 0 Å². The monoisotopic (exact) mass is 416 g/mol. The molecule has 8 heteroatoms. The first kappa shape index (κ1) is 20.3. The van der Waals surface area contributed by atoms with Gasteiger partial charge in [0.1, 0.15) is 5.82 Å². The van der Waals surface area contributed by atoms with Crippen LogP contribution in [0.5, 0.6) is 0 Å². The molecule has 0 bridgehead atoms. The van der Waals surface area contributed by atoms with Gasteiger partial charge in [-0.1, -0.05) is 30.7 Å². The normalized spacial score (nSPS) is 21.1. The standard InChI is InChI=1S/C21H28N4O3S/c1-15-7-3-4-8-16(15)13-24-11-6-5-9-19(24)20-22-18-10-12-25(29(2,27)28)14-17(18)21(26)23-20/h3-4,7-8,19H,5-6,9-14H2,1-2H3,(H,22,23,26)/t19-/m0/s1. The lowest BCUT2D eigenvalue weighted by molar-refractivity contribution is 0.133. The van der Waals surface area contributed by atoms with Gasteiger partial charge < -0.3 is 4.98 Å². The Balaban J connectivity index is 1.62. The molecule has 1 saturated heterocycles. The number of likely N-dealkylation sites (tertiary alicyclic amines) is 1. The van der Waals surface area contributed by atoms with Crippen LogP contribution < -0.4 is 5.56 Å². The second-order valence-corrected chi connectivity index (χ2v) is 10.1. The smallest absolute Gasteiger partial charge is 0.255 e. The molecule has 3 heterocycles. The average Bonchev–Trinajstić information content (AvgIpc) is 2.69. The van der Waals surface area contributed by atoms with Gasteiger partial charge in [0, 0.05) is 26.1 Å². The van der Waals surface area contributed by atoms with Crippen molar-refractivity contribution in [1.29, 1.82) is 0 Å². The fourth-order valence-corrected chi connectivity index (χ4v) is 5.14. The van der Waals surface area contributed by atoms with E-state index >= 15 is 0 Å². The van der Waals surface area contributed by atoms with Crippen molar-refractivity contribution in [3.8, 4) is 0 Å². The molecule has 1 N–H and O–H groups in total. The fraction of sp³-hybridized carbons (Fsp3) is 0.524. The van der Waals surface area contributed by atoms with E-state index in [4.69, 9.17) is 4.98 Å². The molecule has 1 atom stereocenters. The van der Waals surface area contributed by atoms with Crippen molar-refractivity contribution in [2.45, 2.75) is 51.7 Å². The van der Waals surface area contributed by atoms with Crippen molar-refractivity contribution in [2.24, 2.45) is 0 Å². The Morgan fingerprint density at radius 2 is 2.00 bits per heavy atom. The van der Waals surface area contributed by atoms with Crippen molar-refractivity contribution < 1.29 is 8.42 Å². The van der Waals surface area contributed by atoms with Gasteiger partial charge in [0.2, 0.25) is 10.0 Å². The molecule has 0 radical (unpaired) electrons. The molecular weight excluding hydrogens is 388 g/mol. The van der Waals surface area contributed by atoms with Crippen LogP contribution in [-0.2, 0) is 29.5 Å². The first-order valence-electron chi connectivity index (χ1n) is 10.2. The third-order valence-electron chi connectivity index (χ3n) is 6.08. The summed E-state index contributed by atoms with van der Waals surface area (Å²) in [6.45, 7) is 4.41. The number of aromatic nitrogens is 2. The van der Waals surface area contributed by atoms with E-state index in [1.165, 1.54) is 21.7 Å². The summed E-state index contributed by atoms with van der Waals surface area (Å²) in [5, 5.41) is 0. The fourth-order valence-electron chi connectivity index (χ4n) is 4.36. The van der Waals surface area contributed by atoms with E-state index in [0.717, 1.165) is 43.9 Å². The Morgan fingerprint density at radius 3 is 2.76 bits per heavy atom. The summed E-state index contributed by atoms with van der Waals surface area (Å²) < 4.78 is 25.0. The van der Waals surface area contributed by atoms with Gasteiger partial charge in [-0.25, -0.2) is 13.4 Å². The SMILES string of the molecule is Cc1ccccc1CN1CCCC[C@H]1c1nc2c(c(=O)[nH]1)CN(S(C)(=O)=O)CC2. The molecule has 1 fully saturated rings. The number of H-pyrrole nitrogens is 1. The zero-order valence-corrected chi connectivity index (χ0v) is 17.8. The quantitative estimate of drug-likeness (QED) is 0.825. The van der Waals surface area contributed by atoms with Gasteiger partial charge >= 0.3 is 0 Å². The van der Waals surface area contributed by atoms with Gasteiger partial charge in [-0.05, 0) is 37.4 Å². The van der Waals surface area contributed by atoms with Crippen LogP contribution in [0.4, 0.5) is 0 Å². The zero-order chi connectivity index (χ0) is 20.6. The molecule has 29 heavy (non-hydrogen) atoms. The Morgan fingerprint density at radius 1 is 1.21 bits per heavy atom. The maximum absolute atomic E-state index is 12.8. The maximum atomic E-state index is 12.8. The number of hydrogen-bond donors (Lipinski definition) is 1. The topological polar surface area (TPSA) is 86.4 Å². The van der Waals surface area contributed by atoms with E-state index in [2.05, 4.69) is 41.1 Å². The Bertz CT molecular complexity index is 1060. The molecule has 0 aliphatic carbocycles. The number of nitrogens with one attached hydrogen (secondary N) is 1. The summed E-state index contributed by atoms with van der Waals surface area (Å²) in [6.07, 6.45) is 4.87. The molecule has 7 nitrogen and oxygen atoms in total. The minimum atomic E-state index is -3.32. The second-order valence-electron chi connectivity index (χ2n) is 8.13. The summed E-state index contributed by atoms with van der Waals surface area (Å²) in [5.74, 6) is 0.717. The van der Waals surface area contributed by atoms with Gasteiger partial charge in [-0.3, -0.25) is 9.69 Å². The predicted octanol–water partition coefficient (Wildman–Crippen LogP) is 2.12. The summed E-state index contributed by atoms with van der Waals surface area (Å²) >= 11 is 0. The number of sulfonamides is 1. The van der Waals surface area contributed by atoms with Crippen LogP contribution in [-0.4, -0.2) is 46.9 Å². The van der Waals surface area contributed by atoms with E-state index in [-0.39, 0.29) is 18.1 Å². The van der Waals surface area contributed by atoms with Crippen molar-refractivity contribution in [3.05, 3.63) is 62.8 Å². The highest BCUT2D eigenvalue weighted by molar-refractivity contribution is 7.88. The Labute approximate surface area is 171 Å². The molecule has 1 aromatic heterocycles. The van der Waals surface area contributed by atoms with E-state index in [1.54, 1.807) is 0 Å². The minimum Gasteiger partial charge on any atom is -0.309 e. The molecule has 2 aromatic rings. The summed E-state index contributed by atoms with van der Waals surface area (Å²) in [6, 6.07) is 8.47. The first-order valence-corrected chi connectivity index (χ1v) is 12.0. The summed E-state index contributed by atoms with van der Waals surface area (Å²) in [5.41, 5.74) is 3.57. The summed E-state index contributed by atoms with van der Waals surface area (Å²) in [7, 11) is -3.32. The number of aryl methyl sites for hydroxylation is 1. The number of aromatic amines is 1. The van der Waals surface area contributed by atoms with E-state index in [0.29, 0.717) is 18.5 Å². The molecule has 4 rings (SSSR count). The van der Waals surface area contributed by atoms with Crippen LogP contribution in [0.3, 0.4) is 0 Å². The van der Waals surface area contributed by atoms with Crippen molar-refractivity contribution in [3.63, 3.8) is 0 Å². The van der Waals surface area contributed by atoms with Gasteiger partial charge in [-0.2, -0.15) is 4.31 Å². The van der Waals surface area contributed by atoms with Crippen molar-refractivity contribution in [1.82, 2.24) is 19.2 Å². The molecular formula is C21H28N4O3S. The van der Waals surface area contributed by atoms with Gasteiger partial charge in [0.25, 0.3) is 5.56 Å². The number of nitrogens with zero attached hydrogens (tertiary/aromatic N) is 3. The van der Waals surface area contributed by atoms with Crippen LogP contribution in [0, 0.1) is 6.92 Å². The molecule has 0 unspecified atom stereocenters. The van der Waals surface area contributed by atoms with E-state index in [9.17, 15) is 13.2 Å². The van der Waals surface area contributed by atoms with Gasteiger partial charge in [0.15, 0.2) is 0 Å². The van der Waals surface area contributed by atoms with Crippen LogP contribution in [0.25, 0.3) is 0 Å².